The average Bonchev–Trinajstić information content (AvgIpc) is 3.51. The van der Waals surface area contributed by atoms with E-state index >= 15 is 0 Å². The van der Waals surface area contributed by atoms with Crippen LogP contribution in [0.3, 0.4) is 0 Å². The fourth-order valence-corrected chi connectivity index (χ4v) is 5.06. The minimum absolute atomic E-state index is 0.00515. The number of methoxy groups -OCH3 is 1. The van der Waals surface area contributed by atoms with Gasteiger partial charge in [-0.05, 0) is 97.9 Å². The van der Waals surface area contributed by atoms with Crippen LogP contribution in [0, 0.1) is 13.8 Å². The van der Waals surface area contributed by atoms with Gasteiger partial charge < -0.3 is 24.8 Å². The van der Waals surface area contributed by atoms with Gasteiger partial charge in [0.15, 0.2) is 5.11 Å². The molecule has 3 heterocycles. The number of anilines is 2. The summed E-state index contributed by atoms with van der Waals surface area (Å²) < 4.78 is 7.13. The molecular weight excluding hydrogens is 482 g/mol. The lowest BCUT2D eigenvalue weighted by Gasteiger charge is -2.29. The quantitative estimate of drug-likeness (QED) is 0.330. The van der Waals surface area contributed by atoms with Gasteiger partial charge in [-0.15, -0.1) is 0 Å². The fourth-order valence-electron chi connectivity index (χ4n) is 4.71. The first kappa shape index (κ1) is 24.7. The van der Waals surface area contributed by atoms with E-state index in [1.54, 1.807) is 6.20 Å². The number of nitrogens with one attached hydrogen (secondary N) is 2. The van der Waals surface area contributed by atoms with Crippen LogP contribution in [-0.4, -0.2) is 34.3 Å². The predicted molar refractivity (Wildman–Crippen MR) is 150 cm³/mol. The van der Waals surface area contributed by atoms with E-state index in [1.165, 1.54) is 18.2 Å². The highest BCUT2D eigenvalue weighted by Gasteiger charge is 2.42. The molecule has 5 rings (SSSR count). The van der Waals surface area contributed by atoms with Crippen LogP contribution >= 0.6 is 12.2 Å². The highest BCUT2D eigenvalue weighted by molar-refractivity contribution is 7.80. The molecule has 2 N–H and O–H groups in total. The van der Waals surface area contributed by atoms with Crippen LogP contribution in [0.15, 0.2) is 85.2 Å². The first-order chi connectivity index (χ1) is 18.0. The molecule has 2 aromatic heterocycles. The van der Waals surface area contributed by atoms with Crippen LogP contribution in [0.5, 0.6) is 0 Å². The SMILES string of the molecule is COCC(=O)Nc1ccc(N2C(=S)N[C@@H](c3ccccn3)[C@H]2c2cccn2-c2ccc(C)c(C)c2)cc1. The summed E-state index contributed by atoms with van der Waals surface area (Å²) >= 11 is 5.88. The molecule has 188 valence electrons. The van der Waals surface area contributed by atoms with Crippen molar-refractivity contribution in [3.8, 4) is 5.69 Å². The molecule has 2 atom stereocenters. The topological polar surface area (TPSA) is 71.4 Å². The van der Waals surface area contributed by atoms with Gasteiger partial charge in [-0.1, -0.05) is 12.1 Å². The Morgan fingerprint density at radius 1 is 1.03 bits per heavy atom. The van der Waals surface area contributed by atoms with Crippen molar-refractivity contribution in [1.29, 1.82) is 0 Å². The van der Waals surface area contributed by atoms with Gasteiger partial charge in [-0.25, -0.2) is 0 Å². The van der Waals surface area contributed by atoms with E-state index < -0.39 is 0 Å². The number of hydrogen-bond donors (Lipinski definition) is 2. The molecule has 0 saturated carbocycles. The Balaban J connectivity index is 1.57. The molecule has 7 nitrogen and oxygen atoms in total. The van der Waals surface area contributed by atoms with Crippen molar-refractivity contribution in [3.63, 3.8) is 0 Å². The van der Waals surface area contributed by atoms with Crippen molar-refractivity contribution in [2.45, 2.75) is 25.9 Å². The standard InChI is InChI=1S/C29H29N5O2S/c1-19-9-12-23(17-20(19)2)33-16-6-8-25(33)28-27(24-7-4-5-15-30-24)32-29(37)34(28)22-13-10-21(11-14-22)31-26(35)18-36-3/h4-17,27-28H,18H2,1-3H3,(H,31,35)(H,32,37)/t27-,28+/m0/s1. The number of nitrogens with zero attached hydrogens (tertiary/aromatic N) is 3. The van der Waals surface area contributed by atoms with Gasteiger partial charge in [0.1, 0.15) is 12.6 Å². The number of ether oxygens (including phenoxy) is 1. The third kappa shape index (κ3) is 4.98. The molecule has 1 aliphatic rings. The number of pyridine rings is 1. The number of carbonyl (C=O) groups excluding carboxylic acids is 1. The van der Waals surface area contributed by atoms with Crippen molar-refractivity contribution in [3.05, 3.63) is 108 Å². The second kappa shape index (κ2) is 10.5. The molecule has 0 spiro atoms. The summed E-state index contributed by atoms with van der Waals surface area (Å²) in [6.45, 7) is 4.25. The summed E-state index contributed by atoms with van der Waals surface area (Å²) in [5.74, 6) is -0.201. The minimum atomic E-state index is -0.201. The number of hydrogen-bond acceptors (Lipinski definition) is 4. The third-order valence-electron chi connectivity index (χ3n) is 6.65. The Kier molecular flexibility index (Phi) is 7.03. The summed E-state index contributed by atoms with van der Waals surface area (Å²) in [5.41, 5.74) is 7.20. The highest BCUT2D eigenvalue weighted by atomic mass is 32.1. The third-order valence-corrected chi connectivity index (χ3v) is 6.97. The van der Waals surface area contributed by atoms with Crippen LogP contribution < -0.4 is 15.5 Å². The lowest BCUT2D eigenvalue weighted by atomic mass is 10.0. The number of aryl methyl sites for hydroxylation is 2. The maximum atomic E-state index is 11.9. The lowest BCUT2D eigenvalue weighted by molar-refractivity contribution is -0.119. The molecule has 1 fully saturated rings. The van der Waals surface area contributed by atoms with Crippen LogP contribution in [-0.2, 0) is 9.53 Å². The number of thiocarbonyl (C=S) groups is 1. The van der Waals surface area contributed by atoms with Gasteiger partial charge in [0.2, 0.25) is 5.91 Å². The maximum Gasteiger partial charge on any atom is 0.250 e. The zero-order valence-corrected chi connectivity index (χ0v) is 21.8. The Morgan fingerprint density at radius 3 is 2.51 bits per heavy atom. The molecule has 4 aromatic rings. The summed E-state index contributed by atoms with van der Waals surface area (Å²) in [4.78, 5) is 18.7. The molecule has 0 bridgehead atoms. The smallest absolute Gasteiger partial charge is 0.250 e. The molecule has 2 aromatic carbocycles. The van der Waals surface area contributed by atoms with Gasteiger partial charge in [0.05, 0.1) is 11.7 Å². The Bertz CT molecular complexity index is 1420. The number of carbonyl (C=O) groups is 1. The van der Waals surface area contributed by atoms with Crippen molar-refractivity contribution >= 4 is 34.6 Å². The first-order valence-electron chi connectivity index (χ1n) is 12.1. The van der Waals surface area contributed by atoms with E-state index in [9.17, 15) is 4.79 Å². The minimum Gasteiger partial charge on any atom is -0.375 e. The summed E-state index contributed by atoms with van der Waals surface area (Å²) in [6, 6.07) is 24.0. The van der Waals surface area contributed by atoms with Crippen molar-refractivity contribution < 1.29 is 9.53 Å². The number of amides is 1. The first-order valence-corrected chi connectivity index (χ1v) is 12.5. The summed E-state index contributed by atoms with van der Waals surface area (Å²) in [6.07, 6.45) is 3.89. The largest absolute Gasteiger partial charge is 0.375 e. The second-order valence-electron chi connectivity index (χ2n) is 9.10. The van der Waals surface area contributed by atoms with Crippen LogP contribution in [0.25, 0.3) is 5.69 Å². The lowest BCUT2D eigenvalue weighted by Crippen LogP contribution is -2.30. The Hall–Kier alpha value is -4.01. The molecule has 1 aliphatic heterocycles. The van der Waals surface area contributed by atoms with E-state index in [1.807, 2.05) is 42.5 Å². The predicted octanol–water partition coefficient (Wildman–Crippen LogP) is 5.25. The van der Waals surface area contributed by atoms with Gasteiger partial charge in [0.25, 0.3) is 0 Å². The van der Waals surface area contributed by atoms with Gasteiger partial charge in [-0.3, -0.25) is 9.78 Å². The van der Waals surface area contributed by atoms with E-state index in [2.05, 4.69) is 75.5 Å². The zero-order valence-electron chi connectivity index (χ0n) is 21.0. The van der Waals surface area contributed by atoms with Crippen LogP contribution in [0.4, 0.5) is 11.4 Å². The fraction of sp³-hybridized carbons (Fsp3) is 0.207. The zero-order chi connectivity index (χ0) is 25.9. The normalized spacial score (nSPS) is 17.1. The molecule has 37 heavy (non-hydrogen) atoms. The van der Waals surface area contributed by atoms with Crippen molar-refractivity contribution in [2.75, 3.05) is 23.9 Å². The van der Waals surface area contributed by atoms with E-state index in [4.69, 9.17) is 17.0 Å². The van der Waals surface area contributed by atoms with Crippen molar-refractivity contribution in [2.24, 2.45) is 0 Å². The molecular formula is C29H29N5O2S. The molecule has 1 amide bonds. The van der Waals surface area contributed by atoms with E-state index in [0.29, 0.717) is 10.8 Å². The molecule has 0 radical (unpaired) electrons. The Labute approximate surface area is 222 Å². The molecule has 1 saturated heterocycles. The van der Waals surface area contributed by atoms with E-state index in [0.717, 1.165) is 22.8 Å². The Morgan fingerprint density at radius 2 is 1.81 bits per heavy atom. The highest BCUT2D eigenvalue weighted by Crippen LogP contribution is 2.42. The van der Waals surface area contributed by atoms with Gasteiger partial charge in [0, 0.05) is 42.3 Å². The second-order valence-corrected chi connectivity index (χ2v) is 9.48. The number of aromatic nitrogens is 2. The summed E-state index contributed by atoms with van der Waals surface area (Å²) in [7, 11) is 1.50. The number of benzene rings is 2. The molecule has 0 aliphatic carbocycles. The molecule has 8 heteroatoms. The summed E-state index contributed by atoms with van der Waals surface area (Å²) in [5, 5.41) is 6.97. The average molecular weight is 512 g/mol. The number of rotatable bonds is 7. The van der Waals surface area contributed by atoms with E-state index in [-0.39, 0.29) is 24.6 Å². The van der Waals surface area contributed by atoms with Crippen LogP contribution in [0.1, 0.15) is 34.6 Å². The van der Waals surface area contributed by atoms with Crippen LogP contribution in [0.2, 0.25) is 0 Å². The van der Waals surface area contributed by atoms with Gasteiger partial charge in [-0.2, -0.15) is 0 Å². The van der Waals surface area contributed by atoms with Gasteiger partial charge >= 0.3 is 0 Å². The molecule has 0 unspecified atom stereocenters. The monoisotopic (exact) mass is 511 g/mol. The van der Waals surface area contributed by atoms with Crippen molar-refractivity contribution in [1.82, 2.24) is 14.9 Å². The maximum absolute atomic E-state index is 11.9.